The summed E-state index contributed by atoms with van der Waals surface area (Å²) < 4.78 is 13.5. The van der Waals surface area contributed by atoms with E-state index in [-0.39, 0.29) is 10.6 Å². The average molecular weight is 360 g/mol. The molecule has 0 amide bonds. The predicted octanol–water partition coefficient (Wildman–Crippen LogP) is 5.99. The van der Waals surface area contributed by atoms with E-state index < -0.39 is 0 Å². The van der Waals surface area contributed by atoms with Crippen LogP contribution in [0.1, 0.15) is 21.5 Å². The van der Waals surface area contributed by atoms with Crippen molar-refractivity contribution in [2.24, 2.45) is 0 Å². The van der Waals surface area contributed by atoms with E-state index in [9.17, 15) is 4.39 Å². The minimum absolute atomic E-state index is 0.0389. The molecule has 19 heavy (non-hydrogen) atoms. The highest BCUT2D eigenvalue weighted by Crippen LogP contribution is 2.39. The van der Waals surface area contributed by atoms with Crippen molar-refractivity contribution in [2.45, 2.75) is 16.6 Å². The van der Waals surface area contributed by atoms with Crippen molar-refractivity contribution in [2.75, 3.05) is 6.26 Å². The Morgan fingerprint density at radius 2 is 1.89 bits per heavy atom. The van der Waals surface area contributed by atoms with Gasteiger partial charge >= 0.3 is 0 Å². The number of aryl methyl sites for hydroxylation is 1. The normalized spacial score (nSPS) is 12.5. The fourth-order valence-electron chi connectivity index (χ4n) is 1.92. The van der Waals surface area contributed by atoms with E-state index in [2.05, 4.69) is 28.1 Å². The fraction of sp³-hybridized carbons (Fsp3) is 0.200. The third kappa shape index (κ3) is 3.15. The molecular formula is C15H13BrClFS. The smallest absolute Gasteiger partial charge is 0.127 e. The van der Waals surface area contributed by atoms with E-state index in [1.165, 1.54) is 11.0 Å². The number of benzene rings is 2. The van der Waals surface area contributed by atoms with E-state index in [1.807, 2.05) is 18.4 Å². The molecule has 0 aromatic heterocycles. The summed E-state index contributed by atoms with van der Waals surface area (Å²) >= 11 is 11.5. The molecule has 0 aliphatic carbocycles. The minimum atomic E-state index is -0.272. The molecule has 0 heterocycles. The second-order valence-corrected chi connectivity index (χ2v) is 6.40. The van der Waals surface area contributed by atoms with E-state index in [0.29, 0.717) is 10.6 Å². The summed E-state index contributed by atoms with van der Waals surface area (Å²) in [7, 11) is 0. The molecule has 0 spiro atoms. The summed E-state index contributed by atoms with van der Waals surface area (Å²) in [5.74, 6) is -0.272. The first-order valence-electron chi connectivity index (χ1n) is 5.77. The van der Waals surface area contributed by atoms with Gasteiger partial charge in [0.25, 0.3) is 0 Å². The summed E-state index contributed by atoms with van der Waals surface area (Å²) in [6.45, 7) is 1.75. The summed E-state index contributed by atoms with van der Waals surface area (Å²) in [6.07, 6.45) is 2.04. The highest BCUT2D eigenvalue weighted by atomic mass is 79.9. The van der Waals surface area contributed by atoms with Gasteiger partial charge in [0.2, 0.25) is 0 Å². The quantitative estimate of drug-likeness (QED) is 0.479. The molecule has 0 aliphatic rings. The summed E-state index contributed by atoms with van der Waals surface area (Å²) in [5, 5.41) is 0.445. The van der Waals surface area contributed by atoms with Gasteiger partial charge in [-0.05, 0) is 42.0 Å². The van der Waals surface area contributed by atoms with Crippen molar-refractivity contribution in [3.63, 3.8) is 0 Å². The first-order valence-corrected chi connectivity index (χ1v) is 8.29. The molecule has 100 valence electrons. The van der Waals surface area contributed by atoms with Gasteiger partial charge in [0.1, 0.15) is 5.82 Å². The topological polar surface area (TPSA) is 0 Å². The lowest BCUT2D eigenvalue weighted by Gasteiger charge is -2.16. The van der Waals surface area contributed by atoms with E-state index in [0.717, 1.165) is 11.1 Å². The van der Waals surface area contributed by atoms with Crippen LogP contribution in [0, 0.1) is 12.7 Å². The standard InChI is InChI=1S/C15H13BrClFS/c1-9-7-11(12(17)8-13(9)18)15(16)10-5-3-4-6-14(10)19-2/h3-8,15H,1-2H3. The van der Waals surface area contributed by atoms with Crippen molar-refractivity contribution >= 4 is 39.3 Å². The van der Waals surface area contributed by atoms with Gasteiger partial charge in [-0.15, -0.1) is 11.8 Å². The largest absolute Gasteiger partial charge is 0.207 e. The maximum Gasteiger partial charge on any atom is 0.127 e. The van der Waals surface area contributed by atoms with Gasteiger partial charge in [0.15, 0.2) is 0 Å². The molecule has 0 nitrogen and oxygen atoms in total. The van der Waals surface area contributed by atoms with Gasteiger partial charge in [-0.3, -0.25) is 0 Å². The van der Waals surface area contributed by atoms with Crippen LogP contribution in [0.4, 0.5) is 4.39 Å². The molecule has 2 aromatic rings. The third-order valence-corrected chi connectivity index (χ3v) is 5.09. The number of hydrogen-bond donors (Lipinski definition) is 0. The lowest BCUT2D eigenvalue weighted by Crippen LogP contribution is -1.98. The Morgan fingerprint density at radius 1 is 1.21 bits per heavy atom. The van der Waals surface area contributed by atoms with Crippen LogP contribution in [-0.2, 0) is 0 Å². The number of halogens is 3. The molecular weight excluding hydrogens is 347 g/mol. The number of rotatable bonds is 3. The molecule has 0 saturated heterocycles. The zero-order chi connectivity index (χ0) is 14.0. The molecule has 0 aliphatic heterocycles. The third-order valence-electron chi connectivity index (χ3n) is 2.96. The molecule has 0 bridgehead atoms. The summed E-state index contributed by atoms with van der Waals surface area (Å²) in [6, 6.07) is 11.3. The maximum atomic E-state index is 13.5. The summed E-state index contributed by atoms with van der Waals surface area (Å²) in [5.41, 5.74) is 2.63. The van der Waals surface area contributed by atoms with Crippen LogP contribution in [0.2, 0.25) is 5.02 Å². The van der Waals surface area contributed by atoms with Crippen molar-refractivity contribution in [1.82, 2.24) is 0 Å². The molecule has 0 N–H and O–H groups in total. The first-order chi connectivity index (χ1) is 9.04. The average Bonchev–Trinajstić information content (AvgIpc) is 2.42. The highest BCUT2D eigenvalue weighted by molar-refractivity contribution is 9.09. The van der Waals surface area contributed by atoms with Crippen LogP contribution in [-0.4, -0.2) is 6.26 Å². The maximum absolute atomic E-state index is 13.5. The lowest BCUT2D eigenvalue weighted by molar-refractivity contribution is 0.618. The number of hydrogen-bond acceptors (Lipinski definition) is 1. The van der Waals surface area contributed by atoms with Gasteiger partial charge in [0, 0.05) is 9.92 Å². The van der Waals surface area contributed by atoms with Crippen LogP contribution in [0.15, 0.2) is 41.3 Å². The predicted molar refractivity (Wildman–Crippen MR) is 85.1 cm³/mol. The molecule has 0 fully saturated rings. The van der Waals surface area contributed by atoms with Crippen LogP contribution in [0.25, 0.3) is 0 Å². The van der Waals surface area contributed by atoms with Crippen LogP contribution >= 0.6 is 39.3 Å². The Hall–Kier alpha value is -0.510. The first kappa shape index (κ1) is 14.9. The van der Waals surface area contributed by atoms with Gasteiger partial charge < -0.3 is 0 Å². The Labute approximate surface area is 130 Å². The second-order valence-electron chi connectivity index (χ2n) is 4.23. The minimum Gasteiger partial charge on any atom is -0.207 e. The second kappa shape index (κ2) is 6.29. The number of alkyl halides is 1. The molecule has 2 aromatic carbocycles. The monoisotopic (exact) mass is 358 g/mol. The van der Waals surface area contributed by atoms with Gasteiger partial charge in [-0.1, -0.05) is 51.8 Å². The zero-order valence-corrected chi connectivity index (χ0v) is 13.7. The molecule has 4 heteroatoms. The van der Waals surface area contributed by atoms with E-state index >= 15 is 0 Å². The van der Waals surface area contributed by atoms with Gasteiger partial charge in [0.05, 0.1) is 4.83 Å². The van der Waals surface area contributed by atoms with E-state index in [1.54, 1.807) is 24.8 Å². The molecule has 0 radical (unpaired) electrons. The number of thioether (sulfide) groups is 1. The van der Waals surface area contributed by atoms with E-state index in [4.69, 9.17) is 11.6 Å². The van der Waals surface area contributed by atoms with Crippen molar-refractivity contribution in [1.29, 1.82) is 0 Å². The van der Waals surface area contributed by atoms with Crippen molar-refractivity contribution < 1.29 is 4.39 Å². The SMILES string of the molecule is CSc1ccccc1C(Br)c1cc(C)c(F)cc1Cl. The molecule has 0 saturated carbocycles. The Bertz CT molecular complexity index is 601. The lowest BCUT2D eigenvalue weighted by atomic mass is 10.0. The summed E-state index contributed by atoms with van der Waals surface area (Å²) in [4.78, 5) is 1.14. The molecule has 2 rings (SSSR count). The zero-order valence-electron chi connectivity index (χ0n) is 10.6. The highest BCUT2D eigenvalue weighted by Gasteiger charge is 2.18. The Kier molecular flexibility index (Phi) is 4.93. The van der Waals surface area contributed by atoms with Crippen LogP contribution in [0.3, 0.4) is 0 Å². The molecule has 1 atom stereocenters. The van der Waals surface area contributed by atoms with Crippen LogP contribution < -0.4 is 0 Å². The Morgan fingerprint density at radius 3 is 2.58 bits per heavy atom. The van der Waals surface area contributed by atoms with Crippen molar-refractivity contribution in [3.8, 4) is 0 Å². The Balaban J connectivity index is 2.50. The van der Waals surface area contributed by atoms with Crippen LogP contribution in [0.5, 0.6) is 0 Å². The van der Waals surface area contributed by atoms with Gasteiger partial charge in [-0.2, -0.15) is 0 Å². The van der Waals surface area contributed by atoms with Gasteiger partial charge in [-0.25, -0.2) is 4.39 Å². The van der Waals surface area contributed by atoms with Crippen molar-refractivity contribution in [3.05, 3.63) is 63.9 Å². The fourth-order valence-corrected chi connectivity index (χ4v) is 3.87. The molecule has 1 unspecified atom stereocenters.